The van der Waals surface area contributed by atoms with Crippen molar-refractivity contribution in [3.05, 3.63) is 65.0 Å². The number of hydrogen-bond acceptors (Lipinski definition) is 5. The van der Waals surface area contributed by atoms with Crippen LogP contribution in [0.1, 0.15) is 11.1 Å². The number of ether oxygens (including phenoxy) is 2. The van der Waals surface area contributed by atoms with Crippen LogP contribution >= 0.6 is 12.2 Å². The van der Waals surface area contributed by atoms with E-state index in [0.717, 1.165) is 0 Å². The van der Waals surface area contributed by atoms with Crippen LogP contribution in [0, 0.1) is 5.82 Å². The molecule has 138 valence electrons. The van der Waals surface area contributed by atoms with Gasteiger partial charge in [0.05, 0.1) is 7.11 Å². The molecule has 1 fully saturated rings. The summed E-state index contributed by atoms with van der Waals surface area (Å²) in [7, 11) is 1.47. The molecule has 27 heavy (non-hydrogen) atoms. The highest BCUT2D eigenvalue weighted by molar-refractivity contribution is 7.80. The van der Waals surface area contributed by atoms with Crippen LogP contribution in [0.15, 0.2) is 48.0 Å². The van der Waals surface area contributed by atoms with E-state index in [1.807, 2.05) is 0 Å². The Labute approximate surface area is 160 Å². The second kappa shape index (κ2) is 7.96. The van der Waals surface area contributed by atoms with Gasteiger partial charge in [-0.25, -0.2) is 4.39 Å². The fourth-order valence-electron chi connectivity index (χ4n) is 2.45. The molecule has 1 aliphatic rings. The SMILES string of the molecule is COc1cc(C=C2C(=O)NC(=S)NC2=O)ccc1OCc1cccc(F)c1. The van der Waals surface area contributed by atoms with Crippen LogP contribution < -0.4 is 20.1 Å². The van der Waals surface area contributed by atoms with E-state index in [0.29, 0.717) is 22.6 Å². The third-order valence-electron chi connectivity index (χ3n) is 3.73. The molecule has 2 amide bonds. The average molecular weight is 386 g/mol. The summed E-state index contributed by atoms with van der Waals surface area (Å²) >= 11 is 4.76. The first-order chi connectivity index (χ1) is 13.0. The molecule has 0 atom stereocenters. The molecule has 2 N–H and O–H groups in total. The van der Waals surface area contributed by atoms with Gasteiger partial charge >= 0.3 is 0 Å². The van der Waals surface area contributed by atoms with E-state index in [1.165, 1.54) is 25.3 Å². The van der Waals surface area contributed by atoms with E-state index in [2.05, 4.69) is 10.6 Å². The summed E-state index contributed by atoms with van der Waals surface area (Å²) in [6.45, 7) is 0.164. The molecule has 1 aliphatic heterocycles. The third-order valence-corrected chi connectivity index (χ3v) is 3.93. The maximum absolute atomic E-state index is 13.2. The first-order valence-corrected chi connectivity index (χ1v) is 8.31. The van der Waals surface area contributed by atoms with Crippen molar-refractivity contribution in [2.24, 2.45) is 0 Å². The Balaban J connectivity index is 1.80. The Morgan fingerprint density at radius 1 is 1.07 bits per heavy atom. The molecule has 2 aromatic rings. The molecule has 3 rings (SSSR count). The van der Waals surface area contributed by atoms with Gasteiger partial charge in [0, 0.05) is 0 Å². The third kappa shape index (κ3) is 4.48. The van der Waals surface area contributed by atoms with Crippen LogP contribution in [0.25, 0.3) is 6.08 Å². The molecule has 0 spiro atoms. The Morgan fingerprint density at radius 2 is 1.81 bits per heavy atom. The number of nitrogens with one attached hydrogen (secondary N) is 2. The summed E-state index contributed by atoms with van der Waals surface area (Å²) in [5, 5.41) is 4.71. The van der Waals surface area contributed by atoms with E-state index in [1.54, 1.807) is 30.3 Å². The number of carbonyl (C=O) groups is 2. The highest BCUT2D eigenvalue weighted by Gasteiger charge is 2.25. The monoisotopic (exact) mass is 386 g/mol. The molecule has 0 unspecified atom stereocenters. The molecule has 8 heteroatoms. The molecule has 1 saturated heterocycles. The number of methoxy groups -OCH3 is 1. The minimum Gasteiger partial charge on any atom is -0.493 e. The van der Waals surface area contributed by atoms with Gasteiger partial charge in [0.15, 0.2) is 16.6 Å². The summed E-state index contributed by atoms with van der Waals surface area (Å²) in [5.74, 6) is -0.632. The Morgan fingerprint density at radius 3 is 2.48 bits per heavy atom. The van der Waals surface area contributed by atoms with E-state index in [4.69, 9.17) is 21.7 Å². The molecule has 1 heterocycles. The Bertz CT molecular complexity index is 936. The Hall–Kier alpha value is -3.26. The van der Waals surface area contributed by atoms with Gasteiger partial charge in [0.1, 0.15) is 18.0 Å². The molecule has 0 saturated carbocycles. The lowest BCUT2D eigenvalue weighted by Crippen LogP contribution is -2.51. The largest absolute Gasteiger partial charge is 0.493 e. The molecule has 0 aromatic heterocycles. The van der Waals surface area contributed by atoms with Gasteiger partial charge in [-0.05, 0) is 53.7 Å². The lowest BCUT2D eigenvalue weighted by Gasteiger charge is -2.16. The molecule has 0 aliphatic carbocycles. The van der Waals surface area contributed by atoms with Crippen molar-refractivity contribution in [2.45, 2.75) is 6.61 Å². The Kier molecular flexibility index (Phi) is 5.46. The summed E-state index contributed by atoms with van der Waals surface area (Å²) < 4.78 is 24.2. The number of halogens is 1. The van der Waals surface area contributed by atoms with Crippen LogP contribution in [0.2, 0.25) is 0 Å². The second-order valence-electron chi connectivity index (χ2n) is 5.62. The van der Waals surface area contributed by atoms with Crippen LogP contribution in [0.5, 0.6) is 11.5 Å². The molecule has 2 aromatic carbocycles. The maximum Gasteiger partial charge on any atom is 0.263 e. The molecular weight excluding hydrogens is 371 g/mol. The van der Waals surface area contributed by atoms with Crippen molar-refractivity contribution in [3.63, 3.8) is 0 Å². The lowest BCUT2D eigenvalue weighted by molar-refractivity contribution is -0.123. The quantitative estimate of drug-likeness (QED) is 0.469. The standard InChI is InChI=1S/C19H15FN2O4S/c1-25-16-9-11(8-14-17(23)21-19(27)22-18(14)24)5-6-15(16)26-10-12-3-2-4-13(20)7-12/h2-9H,10H2,1H3,(H2,21,22,23,24,27). The fraction of sp³-hybridized carbons (Fsp3) is 0.105. The number of rotatable bonds is 5. The van der Waals surface area contributed by atoms with E-state index in [9.17, 15) is 14.0 Å². The zero-order valence-corrected chi connectivity index (χ0v) is 15.1. The summed E-state index contributed by atoms with van der Waals surface area (Å²) in [4.78, 5) is 23.8. The minimum absolute atomic E-state index is 0.0270. The predicted molar refractivity (Wildman–Crippen MR) is 101 cm³/mol. The van der Waals surface area contributed by atoms with Crippen molar-refractivity contribution < 1.29 is 23.5 Å². The minimum atomic E-state index is -0.575. The van der Waals surface area contributed by atoms with Gasteiger partial charge in [-0.2, -0.15) is 0 Å². The molecule has 0 bridgehead atoms. The molecular formula is C19H15FN2O4S. The smallest absolute Gasteiger partial charge is 0.263 e. The van der Waals surface area contributed by atoms with Crippen LogP contribution in [0.3, 0.4) is 0 Å². The van der Waals surface area contributed by atoms with Gasteiger partial charge in [0.2, 0.25) is 0 Å². The first kappa shape index (κ1) is 18.5. The van der Waals surface area contributed by atoms with Crippen molar-refractivity contribution >= 4 is 35.2 Å². The normalized spacial score (nSPS) is 13.7. The molecule has 6 nitrogen and oxygen atoms in total. The van der Waals surface area contributed by atoms with Gasteiger partial charge in [-0.15, -0.1) is 0 Å². The lowest BCUT2D eigenvalue weighted by atomic mass is 10.1. The average Bonchev–Trinajstić information content (AvgIpc) is 2.63. The maximum atomic E-state index is 13.2. The summed E-state index contributed by atoms with van der Waals surface area (Å²) in [6, 6.07) is 11.0. The predicted octanol–water partition coefficient (Wildman–Crippen LogP) is 2.33. The second-order valence-corrected chi connectivity index (χ2v) is 6.03. The van der Waals surface area contributed by atoms with E-state index >= 15 is 0 Å². The zero-order valence-electron chi connectivity index (χ0n) is 14.2. The fourth-order valence-corrected chi connectivity index (χ4v) is 2.64. The van der Waals surface area contributed by atoms with Gasteiger partial charge in [-0.3, -0.25) is 20.2 Å². The van der Waals surface area contributed by atoms with Gasteiger partial charge < -0.3 is 9.47 Å². The van der Waals surface area contributed by atoms with Crippen LogP contribution in [0.4, 0.5) is 4.39 Å². The van der Waals surface area contributed by atoms with Crippen molar-refractivity contribution in [2.75, 3.05) is 7.11 Å². The van der Waals surface area contributed by atoms with Crippen LogP contribution in [-0.4, -0.2) is 24.0 Å². The van der Waals surface area contributed by atoms with E-state index < -0.39 is 11.8 Å². The zero-order chi connectivity index (χ0) is 19.4. The van der Waals surface area contributed by atoms with Crippen LogP contribution in [-0.2, 0) is 16.2 Å². The highest BCUT2D eigenvalue weighted by Crippen LogP contribution is 2.30. The highest BCUT2D eigenvalue weighted by atomic mass is 32.1. The number of amides is 2. The number of carbonyl (C=O) groups excluding carboxylic acids is 2. The van der Waals surface area contributed by atoms with Crippen molar-refractivity contribution in [1.82, 2.24) is 10.6 Å². The molecule has 0 radical (unpaired) electrons. The van der Waals surface area contributed by atoms with Gasteiger partial charge in [0.25, 0.3) is 11.8 Å². The van der Waals surface area contributed by atoms with Gasteiger partial charge in [-0.1, -0.05) is 18.2 Å². The van der Waals surface area contributed by atoms with Crippen molar-refractivity contribution in [3.8, 4) is 11.5 Å². The first-order valence-electron chi connectivity index (χ1n) is 7.90. The summed E-state index contributed by atoms with van der Waals surface area (Å²) in [5.41, 5.74) is 1.17. The van der Waals surface area contributed by atoms with E-state index in [-0.39, 0.29) is 23.1 Å². The number of hydrogen-bond donors (Lipinski definition) is 2. The van der Waals surface area contributed by atoms with Crippen molar-refractivity contribution in [1.29, 1.82) is 0 Å². The topological polar surface area (TPSA) is 76.7 Å². The number of thiocarbonyl (C=S) groups is 1. The number of benzene rings is 2. The summed E-state index contributed by atoms with van der Waals surface area (Å²) in [6.07, 6.45) is 1.42.